The van der Waals surface area contributed by atoms with E-state index in [9.17, 15) is 4.79 Å². The Balaban J connectivity index is 2.01. The van der Waals surface area contributed by atoms with Crippen LogP contribution in [0.2, 0.25) is 0 Å². The lowest BCUT2D eigenvalue weighted by Crippen LogP contribution is -2.18. The van der Waals surface area contributed by atoms with E-state index in [0.717, 1.165) is 37.3 Å². The molecule has 0 aliphatic carbocycles. The molecule has 4 nitrogen and oxygen atoms in total. The molecular formula is C15H20N2O2. The van der Waals surface area contributed by atoms with Crippen LogP contribution in [0.15, 0.2) is 28.7 Å². The summed E-state index contributed by atoms with van der Waals surface area (Å²) in [6.45, 7) is 3.64. The van der Waals surface area contributed by atoms with Crippen LogP contribution in [-0.2, 0) is 17.8 Å². The maximum atomic E-state index is 10.6. The van der Waals surface area contributed by atoms with Crippen LogP contribution in [0.25, 0.3) is 11.0 Å². The van der Waals surface area contributed by atoms with Crippen LogP contribution in [0.3, 0.4) is 0 Å². The van der Waals surface area contributed by atoms with E-state index < -0.39 is 0 Å². The summed E-state index contributed by atoms with van der Waals surface area (Å²) in [5.41, 5.74) is 7.27. The maximum Gasteiger partial charge on any atom is 0.217 e. The third kappa shape index (κ3) is 3.35. The van der Waals surface area contributed by atoms with Crippen molar-refractivity contribution in [3.8, 4) is 0 Å². The summed E-state index contributed by atoms with van der Waals surface area (Å²) in [4.78, 5) is 10.6. The average Bonchev–Trinajstić information content (AvgIpc) is 2.76. The molecule has 0 atom stereocenters. The second-order valence-electron chi connectivity index (χ2n) is 4.60. The zero-order chi connectivity index (χ0) is 13.7. The van der Waals surface area contributed by atoms with Gasteiger partial charge in [-0.15, -0.1) is 0 Å². The van der Waals surface area contributed by atoms with Gasteiger partial charge in [0.05, 0.1) is 0 Å². The van der Waals surface area contributed by atoms with E-state index in [1.165, 1.54) is 10.9 Å². The number of hydrogen-bond acceptors (Lipinski definition) is 3. The third-order valence-electron chi connectivity index (χ3n) is 3.18. The van der Waals surface area contributed by atoms with Gasteiger partial charge >= 0.3 is 0 Å². The highest BCUT2D eigenvalue weighted by Gasteiger charge is 2.11. The number of rotatable bonds is 7. The van der Waals surface area contributed by atoms with Crippen LogP contribution in [0, 0.1) is 0 Å². The fourth-order valence-electron chi connectivity index (χ4n) is 2.23. The summed E-state index contributed by atoms with van der Waals surface area (Å²) in [6.07, 6.45) is 2.08. The number of nitrogens with one attached hydrogen (secondary N) is 1. The minimum atomic E-state index is -0.246. The van der Waals surface area contributed by atoms with E-state index in [4.69, 9.17) is 10.2 Å². The lowest BCUT2D eigenvalue weighted by Gasteiger charge is -2.04. The van der Waals surface area contributed by atoms with Gasteiger partial charge in [0.15, 0.2) is 0 Å². The molecule has 0 aliphatic heterocycles. The highest BCUT2D eigenvalue weighted by molar-refractivity contribution is 5.82. The van der Waals surface area contributed by atoms with Crippen LogP contribution in [0.5, 0.6) is 0 Å². The van der Waals surface area contributed by atoms with Crippen molar-refractivity contribution in [2.24, 2.45) is 5.73 Å². The standard InChI is InChI=1S/C15H20N2O2/c1-2-13-12(10-17-9-5-8-15(16)18)11-6-3-4-7-14(11)19-13/h3-4,6-7,17H,2,5,8-10H2,1H3,(H2,16,18). The highest BCUT2D eigenvalue weighted by Crippen LogP contribution is 2.26. The van der Waals surface area contributed by atoms with Crippen LogP contribution in [-0.4, -0.2) is 12.5 Å². The van der Waals surface area contributed by atoms with E-state index in [-0.39, 0.29) is 5.91 Å². The van der Waals surface area contributed by atoms with Gasteiger partial charge in [0, 0.05) is 30.3 Å². The van der Waals surface area contributed by atoms with Crippen LogP contribution in [0.1, 0.15) is 31.1 Å². The SMILES string of the molecule is CCc1oc2ccccc2c1CNCCCC(N)=O. The van der Waals surface area contributed by atoms with Gasteiger partial charge in [-0.1, -0.05) is 25.1 Å². The Labute approximate surface area is 113 Å². The Morgan fingerprint density at radius 3 is 2.89 bits per heavy atom. The fourth-order valence-corrected chi connectivity index (χ4v) is 2.23. The van der Waals surface area contributed by atoms with Gasteiger partial charge in [-0.05, 0) is 19.0 Å². The molecule has 19 heavy (non-hydrogen) atoms. The first-order chi connectivity index (χ1) is 9.22. The van der Waals surface area contributed by atoms with Gasteiger partial charge < -0.3 is 15.5 Å². The molecule has 2 rings (SSSR count). The summed E-state index contributed by atoms with van der Waals surface area (Å²) in [6, 6.07) is 8.08. The fraction of sp³-hybridized carbons (Fsp3) is 0.400. The Morgan fingerprint density at radius 2 is 2.16 bits per heavy atom. The van der Waals surface area contributed by atoms with Crippen molar-refractivity contribution < 1.29 is 9.21 Å². The summed E-state index contributed by atoms with van der Waals surface area (Å²) in [5, 5.41) is 4.51. The maximum absolute atomic E-state index is 10.6. The molecule has 1 aromatic carbocycles. The van der Waals surface area contributed by atoms with Gasteiger partial charge in [0.1, 0.15) is 11.3 Å². The zero-order valence-electron chi connectivity index (χ0n) is 11.2. The van der Waals surface area contributed by atoms with Crippen molar-refractivity contribution in [3.63, 3.8) is 0 Å². The number of fused-ring (bicyclic) bond motifs is 1. The predicted molar refractivity (Wildman–Crippen MR) is 75.7 cm³/mol. The quantitative estimate of drug-likeness (QED) is 0.751. The molecule has 2 aromatic rings. The largest absolute Gasteiger partial charge is 0.461 e. The molecule has 0 unspecified atom stereocenters. The van der Waals surface area contributed by atoms with Crippen molar-refractivity contribution in [1.82, 2.24) is 5.32 Å². The average molecular weight is 260 g/mol. The lowest BCUT2D eigenvalue weighted by molar-refractivity contribution is -0.118. The Morgan fingerprint density at radius 1 is 1.37 bits per heavy atom. The van der Waals surface area contributed by atoms with E-state index >= 15 is 0 Å². The molecule has 102 valence electrons. The van der Waals surface area contributed by atoms with Crippen LogP contribution in [0.4, 0.5) is 0 Å². The minimum Gasteiger partial charge on any atom is -0.461 e. The van der Waals surface area contributed by atoms with Gasteiger partial charge in [0.25, 0.3) is 0 Å². The second kappa shape index (κ2) is 6.38. The number of hydrogen-bond donors (Lipinski definition) is 2. The summed E-state index contributed by atoms with van der Waals surface area (Å²) >= 11 is 0. The van der Waals surface area contributed by atoms with Crippen molar-refractivity contribution in [1.29, 1.82) is 0 Å². The van der Waals surface area contributed by atoms with Crippen molar-refractivity contribution in [2.45, 2.75) is 32.7 Å². The van der Waals surface area contributed by atoms with E-state index in [1.54, 1.807) is 0 Å². The Hall–Kier alpha value is -1.81. The van der Waals surface area contributed by atoms with Crippen LogP contribution >= 0.6 is 0 Å². The van der Waals surface area contributed by atoms with Crippen molar-refractivity contribution in [3.05, 3.63) is 35.6 Å². The number of furan rings is 1. The molecule has 0 radical (unpaired) electrons. The number of para-hydroxylation sites is 1. The Kier molecular flexibility index (Phi) is 4.58. The van der Waals surface area contributed by atoms with Crippen molar-refractivity contribution >= 4 is 16.9 Å². The molecule has 3 N–H and O–H groups in total. The minimum absolute atomic E-state index is 0.246. The number of carbonyl (C=O) groups excluding carboxylic acids is 1. The predicted octanol–water partition coefficient (Wildman–Crippen LogP) is 2.35. The highest BCUT2D eigenvalue weighted by atomic mass is 16.3. The summed E-state index contributed by atoms with van der Waals surface area (Å²) < 4.78 is 5.83. The number of aryl methyl sites for hydroxylation is 1. The van der Waals surface area contributed by atoms with Gasteiger partial charge in [-0.3, -0.25) is 4.79 Å². The molecule has 0 spiro atoms. The Bertz CT molecular complexity index is 560. The molecular weight excluding hydrogens is 240 g/mol. The molecule has 0 fully saturated rings. The monoisotopic (exact) mass is 260 g/mol. The molecule has 4 heteroatoms. The number of carbonyl (C=O) groups is 1. The molecule has 1 heterocycles. The lowest BCUT2D eigenvalue weighted by atomic mass is 10.1. The number of amides is 1. The summed E-state index contributed by atoms with van der Waals surface area (Å²) in [5.74, 6) is 0.786. The van der Waals surface area contributed by atoms with Crippen molar-refractivity contribution in [2.75, 3.05) is 6.54 Å². The molecule has 1 aromatic heterocycles. The molecule has 0 saturated carbocycles. The molecule has 0 saturated heterocycles. The van der Waals surface area contributed by atoms with E-state index in [0.29, 0.717) is 6.42 Å². The number of benzene rings is 1. The third-order valence-corrected chi connectivity index (χ3v) is 3.18. The molecule has 0 bridgehead atoms. The molecule has 0 aliphatic rings. The topological polar surface area (TPSA) is 68.3 Å². The first-order valence-electron chi connectivity index (χ1n) is 6.70. The molecule has 1 amide bonds. The number of primary amides is 1. The second-order valence-corrected chi connectivity index (χ2v) is 4.60. The zero-order valence-corrected chi connectivity index (χ0v) is 11.2. The van der Waals surface area contributed by atoms with Gasteiger partial charge in [-0.25, -0.2) is 0 Å². The first kappa shape index (κ1) is 13.6. The van der Waals surface area contributed by atoms with Crippen LogP contribution < -0.4 is 11.1 Å². The summed E-state index contributed by atoms with van der Waals surface area (Å²) in [7, 11) is 0. The first-order valence-corrected chi connectivity index (χ1v) is 6.70. The van der Waals surface area contributed by atoms with Gasteiger partial charge in [0.2, 0.25) is 5.91 Å². The van der Waals surface area contributed by atoms with Gasteiger partial charge in [-0.2, -0.15) is 0 Å². The normalized spacial score (nSPS) is 11.0. The van der Waals surface area contributed by atoms with E-state index in [2.05, 4.69) is 18.3 Å². The smallest absolute Gasteiger partial charge is 0.217 e. The number of nitrogens with two attached hydrogens (primary N) is 1. The van der Waals surface area contributed by atoms with E-state index in [1.807, 2.05) is 18.2 Å².